The van der Waals surface area contributed by atoms with E-state index in [4.69, 9.17) is 0 Å². The average molecular weight is 372 g/mol. The molecule has 4 rings (SSSR count). The van der Waals surface area contributed by atoms with E-state index in [1.165, 1.54) is 19.3 Å². The molecule has 2 aliphatic heterocycles. The van der Waals surface area contributed by atoms with Crippen LogP contribution in [0.2, 0.25) is 0 Å². The summed E-state index contributed by atoms with van der Waals surface area (Å²) >= 11 is 0. The monoisotopic (exact) mass is 372 g/mol. The molecule has 146 valence electrons. The van der Waals surface area contributed by atoms with Gasteiger partial charge < -0.3 is 20.4 Å². The maximum absolute atomic E-state index is 12.7. The Balaban J connectivity index is 1.26. The summed E-state index contributed by atoms with van der Waals surface area (Å²) in [5.74, 6) is 0.681. The maximum atomic E-state index is 12.7. The van der Waals surface area contributed by atoms with E-state index in [2.05, 4.69) is 20.6 Å². The van der Waals surface area contributed by atoms with Crippen LogP contribution in [0.3, 0.4) is 0 Å². The number of carbonyl (C=O) groups excluding carboxylic acids is 2. The highest BCUT2D eigenvalue weighted by Gasteiger charge is 2.38. The SMILES string of the molecule is O=C(NC1CCN(C2CCCCC2)C1=O)N1CCC(Nc2ncccn2)C1. The van der Waals surface area contributed by atoms with E-state index in [0.717, 1.165) is 25.8 Å². The van der Waals surface area contributed by atoms with Gasteiger partial charge in [-0.25, -0.2) is 14.8 Å². The summed E-state index contributed by atoms with van der Waals surface area (Å²) in [5.41, 5.74) is 0. The Hall–Kier alpha value is -2.38. The number of hydrogen-bond donors (Lipinski definition) is 2. The van der Waals surface area contributed by atoms with Crippen LogP contribution in [0.4, 0.5) is 10.7 Å². The highest BCUT2D eigenvalue weighted by atomic mass is 16.2. The molecule has 1 saturated carbocycles. The first kappa shape index (κ1) is 18.0. The fourth-order valence-corrected chi connectivity index (χ4v) is 4.45. The fourth-order valence-electron chi connectivity index (χ4n) is 4.45. The van der Waals surface area contributed by atoms with Crippen LogP contribution >= 0.6 is 0 Å². The van der Waals surface area contributed by atoms with Crippen molar-refractivity contribution in [1.82, 2.24) is 25.1 Å². The number of nitrogens with one attached hydrogen (secondary N) is 2. The molecule has 0 aromatic carbocycles. The van der Waals surface area contributed by atoms with Crippen molar-refractivity contribution >= 4 is 17.9 Å². The number of hydrogen-bond acceptors (Lipinski definition) is 5. The van der Waals surface area contributed by atoms with Crippen molar-refractivity contribution in [3.05, 3.63) is 18.5 Å². The van der Waals surface area contributed by atoms with Crippen molar-refractivity contribution in [3.63, 3.8) is 0 Å². The third-order valence-electron chi connectivity index (χ3n) is 5.93. The molecule has 3 heterocycles. The summed E-state index contributed by atoms with van der Waals surface area (Å²) < 4.78 is 0. The molecule has 0 spiro atoms. The number of amides is 3. The van der Waals surface area contributed by atoms with E-state index in [0.29, 0.717) is 31.5 Å². The van der Waals surface area contributed by atoms with Crippen molar-refractivity contribution in [2.75, 3.05) is 25.0 Å². The van der Waals surface area contributed by atoms with E-state index < -0.39 is 0 Å². The van der Waals surface area contributed by atoms with Gasteiger partial charge in [-0.2, -0.15) is 0 Å². The summed E-state index contributed by atoms with van der Waals surface area (Å²) in [6.45, 7) is 2.03. The van der Waals surface area contributed by atoms with Gasteiger partial charge in [0, 0.05) is 44.1 Å². The second-order valence-electron chi connectivity index (χ2n) is 7.76. The largest absolute Gasteiger partial charge is 0.350 e. The smallest absolute Gasteiger partial charge is 0.318 e. The second kappa shape index (κ2) is 8.10. The van der Waals surface area contributed by atoms with Crippen LogP contribution in [-0.2, 0) is 4.79 Å². The Morgan fingerprint density at radius 3 is 2.59 bits per heavy atom. The minimum absolute atomic E-state index is 0.0989. The van der Waals surface area contributed by atoms with Gasteiger partial charge in [0.2, 0.25) is 11.9 Å². The lowest BCUT2D eigenvalue weighted by atomic mass is 9.94. The van der Waals surface area contributed by atoms with Crippen molar-refractivity contribution in [1.29, 1.82) is 0 Å². The van der Waals surface area contributed by atoms with Crippen LogP contribution in [0.5, 0.6) is 0 Å². The van der Waals surface area contributed by atoms with Gasteiger partial charge in [-0.3, -0.25) is 4.79 Å². The Morgan fingerprint density at radius 1 is 1.04 bits per heavy atom. The number of anilines is 1. The zero-order chi connectivity index (χ0) is 18.6. The first-order chi connectivity index (χ1) is 13.2. The number of aromatic nitrogens is 2. The molecule has 0 bridgehead atoms. The topological polar surface area (TPSA) is 90.5 Å². The molecule has 27 heavy (non-hydrogen) atoms. The predicted molar refractivity (Wildman–Crippen MR) is 101 cm³/mol. The minimum Gasteiger partial charge on any atom is -0.350 e. The van der Waals surface area contributed by atoms with Gasteiger partial charge in [0.15, 0.2) is 0 Å². The lowest BCUT2D eigenvalue weighted by Gasteiger charge is -2.31. The number of carbonyl (C=O) groups is 2. The molecule has 1 aromatic rings. The fraction of sp³-hybridized carbons (Fsp3) is 0.684. The van der Waals surface area contributed by atoms with Gasteiger partial charge in [-0.05, 0) is 31.7 Å². The van der Waals surface area contributed by atoms with E-state index in [9.17, 15) is 9.59 Å². The van der Waals surface area contributed by atoms with E-state index in [1.807, 2.05) is 4.90 Å². The molecule has 2 saturated heterocycles. The Morgan fingerprint density at radius 2 is 1.81 bits per heavy atom. The third kappa shape index (κ3) is 4.14. The van der Waals surface area contributed by atoms with Crippen molar-refractivity contribution in [3.8, 4) is 0 Å². The maximum Gasteiger partial charge on any atom is 0.318 e. The van der Waals surface area contributed by atoms with Crippen LogP contribution in [0.25, 0.3) is 0 Å². The second-order valence-corrected chi connectivity index (χ2v) is 7.76. The van der Waals surface area contributed by atoms with Crippen LogP contribution in [-0.4, -0.2) is 69.5 Å². The van der Waals surface area contributed by atoms with Gasteiger partial charge >= 0.3 is 6.03 Å². The van der Waals surface area contributed by atoms with Crippen molar-refractivity contribution < 1.29 is 9.59 Å². The molecule has 3 amide bonds. The molecular weight excluding hydrogens is 344 g/mol. The number of urea groups is 1. The summed E-state index contributed by atoms with van der Waals surface area (Å²) in [5, 5.41) is 6.22. The molecule has 1 aromatic heterocycles. The van der Waals surface area contributed by atoms with Crippen LogP contribution < -0.4 is 10.6 Å². The minimum atomic E-state index is -0.371. The van der Waals surface area contributed by atoms with Gasteiger partial charge in [0.25, 0.3) is 0 Å². The zero-order valence-corrected chi connectivity index (χ0v) is 15.6. The van der Waals surface area contributed by atoms with Gasteiger partial charge in [-0.15, -0.1) is 0 Å². The predicted octanol–water partition coefficient (Wildman–Crippen LogP) is 1.61. The molecule has 8 heteroatoms. The van der Waals surface area contributed by atoms with Gasteiger partial charge in [0.05, 0.1) is 0 Å². The molecule has 0 radical (unpaired) electrons. The molecule has 2 N–H and O–H groups in total. The lowest BCUT2D eigenvalue weighted by molar-refractivity contribution is -0.131. The summed E-state index contributed by atoms with van der Waals surface area (Å²) in [7, 11) is 0. The van der Waals surface area contributed by atoms with Gasteiger partial charge in [-0.1, -0.05) is 19.3 Å². The Bertz CT molecular complexity index is 663. The first-order valence-corrected chi connectivity index (χ1v) is 10.1. The molecular formula is C19H28N6O2. The Labute approximate surface area is 159 Å². The van der Waals surface area contributed by atoms with Crippen LogP contribution in [0.1, 0.15) is 44.9 Å². The number of nitrogens with zero attached hydrogens (tertiary/aromatic N) is 4. The Kier molecular flexibility index (Phi) is 5.40. The molecule has 2 atom stereocenters. The summed E-state index contributed by atoms with van der Waals surface area (Å²) in [6.07, 6.45) is 10.8. The van der Waals surface area contributed by atoms with Crippen LogP contribution in [0, 0.1) is 0 Å². The summed E-state index contributed by atoms with van der Waals surface area (Å²) in [6, 6.07) is 1.77. The van der Waals surface area contributed by atoms with E-state index in [-0.39, 0.29) is 24.0 Å². The quantitative estimate of drug-likeness (QED) is 0.838. The standard InChI is InChI=1S/C19H28N6O2/c26-17-16(8-12-25(17)15-5-2-1-3-6-15)23-19(27)24-11-7-14(13-24)22-18-20-9-4-10-21-18/h4,9-10,14-16H,1-3,5-8,11-13H2,(H,23,27)(H,20,21,22). The van der Waals surface area contributed by atoms with E-state index in [1.54, 1.807) is 23.4 Å². The number of rotatable bonds is 4. The number of likely N-dealkylation sites (tertiary alicyclic amines) is 2. The molecule has 1 aliphatic carbocycles. The molecule has 3 aliphatic rings. The molecule has 3 fully saturated rings. The normalized spacial score (nSPS) is 26.4. The lowest BCUT2D eigenvalue weighted by Crippen LogP contribution is -2.49. The van der Waals surface area contributed by atoms with Gasteiger partial charge in [0.1, 0.15) is 6.04 Å². The van der Waals surface area contributed by atoms with Crippen molar-refractivity contribution in [2.45, 2.75) is 63.1 Å². The van der Waals surface area contributed by atoms with E-state index >= 15 is 0 Å². The van der Waals surface area contributed by atoms with Crippen molar-refractivity contribution in [2.24, 2.45) is 0 Å². The first-order valence-electron chi connectivity index (χ1n) is 10.1. The highest BCUT2D eigenvalue weighted by molar-refractivity contribution is 5.89. The third-order valence-corrected chi connectivity index (χ3v) is 5.93. The highest BCUT2D eigenvalue weighted by Crippen LogP contribution is 2.26. The van der Waals surface area contributed by atoms with Crippen LogP contribution in [0.15, 0.2) is 18.5 Å². The summed E-state index contributed by atoms with van der Waals surface area (Å²) in [4.78, 5) is 37.5. The molecule has 8 nitrogen and oxygen atoms in total. The molecule has 2 unspecified atom stereocenters. The average Bonchev–Trinajstić information content (AvgIpc) is 3.31. The zero-order valence-electron chi connectivity index (χ0n) is 15.6.